The van der Waals surface area contributed by atoms with Gasteiger partial charge in [0, 0.05) is 11.6 Å². The van der Waals surface area contributed by atoms with Crippen LogP contribution in [0.5, 0.6) is 0 Å². The number of fused-ring (bicyclic) bond motifs is 1. The normalized spacial score (nSPS) is 19.0. The summed E-state index contributed by atoms with van der Waals surface area (Å²) in [4.78, 5) is 16.0. The number of hydrogen-bond donors (Lipinski definition) is 1. The van der Waals surface area contributed by atoms with Gasteiger partial charge in [-0.3, -0.25) is 4.79 Å². The van der Waals surface area contributed by atoms with Crippen molar-refractivity contribution in [2.45, 2.75) is 19.5 Å². The largest absolute Gasteiger partial charge is 0.310 e. The molecule has 25 heavy (non-hydrogen) atoms. The second kappa shape index (κ2) is 5.92. The number of rotatable bonds is 3. The van der Waals surface area contributed by atoms with Crippen LogP contribution in [0.2, 0.25) is 0 Å². The zero-order chi connectivity index (χ0) is 17.6. The second-order valence-corrected chi connectivity index (χ2v) is 6.44. The molecule has 1 N–H and O–H groups in total. The van der Waals surface area contributed by atoms with Crippen LogP contribution >= 0.6 is 0 Å². The number of aryl methyl sites for hydroxylation is 1. The summed E-state index contributed by atoms with van der Waals surface area (Å²) in [6.07, 6.45) is 0.913. The van der Waals surface area contributed by atoms with Crippen LogP contribution in [0.1, 0.15) is 12.0 Å². The van der Waals surface area contributed by atoms with Crippen LogP contribution in [0, 0.1) is 18.7 Å². The van der Waals surface area contributed by atoms with Crippen molar-refractivity contribution in [3.05, 3.63) is 60.0 Å². The van der Waals surface area contributed by atoms with Gasteiger partial charge in [0.2, 0.25) is 5.91 Å². The van der Waals surface area contributed by atoms with E-state index in [0.717, 1.165) is 27.5 Å². The first-order valence-electron chi connectivity index (χ1n) is 8.12. The van der Waals surface area contributed by atoms with Crippen LogP contribution < -0.4 is 5.32 Å². The van der Waals surface area contributed by atoms with Gasteiger partial charge in [-0.15, -0.1) is 0 Å². The van der Waals surface area contributed by atoms with Crippen molar-refractivity contribution in [1.82, 2.24) is 4.98 Å². The first-order chi connectivity index (χ1) is 12.0. The average Bonchev–Trinajstić information content (AvgIpc) is 3.33. The average molecular weight is 338 g/mol. The first-order valence-corrected chi connectivity index (χ1v) is 8.12. The van der Waals surface area contributed by atoms with Crippen molar-refractivity contribution in [2.75, 3.05) is 5.32 Å². The van der Waals surface area contributed by atoms with E-state index in [0.29, 0.717) is 5.82 Å². The summed E-state index contributed by atoms with van der Waals surface area (Å²) in [7, 11) is 0. The Morgan fingerprint density at radius 1 is 1.16 bits per heavy atom. The number of hydrogen-bond acceptors (Lipinski definition) is 2. The van der Waals surface area contributed by atoms with E-state index in [9.17, 15) is 13.6 Å². The molecule has 1 aliphatic rings. The molecule has 5 heteroatoms. The number of pyridine rings is 1. The molecule has 3 aromatic rings. The highest BCUT2D eigenvalue weighted by Crippen LogP contribution is 2.35. The van der Waals surface area contributed by atoms with Gasteiger partial charge in [-0.05, 0) is 59.7 Å². The third kappa shape index (κ3) is 3.09. The second-order valence-electron chi connectivity index (χ2n) is 6.44. The van der Waals surface area contributed by atoms with Crippen LogP contribution in [0.25, 0.3) is 21.9 Å². The maximum atomic E-state index is 13.5. The molecule has 3 nitrogen and oxygen atoms in total. The highest BCUT2D eigenvalue weighted by Gasteiger charge is 2.43. The summed E-state index contributed by atoms with van der Waals surface area (Å²) < 4.78 is 26.5. The number of aromatic nitrogens is 1. The molecule has 0 bridgehead atoms. The molecule has 1 saturated carbocycles. The van der Waals surface area contributed by atoms with Gasteiger partial charge in [0.05, 0.1) is 5.92 Å². The molecule has 126 valence electrons. The van der Waals surface area contributed by atoms with Crippen molar-refractivity contribution in [3.63, 3.8) is 0 Å². The Balaban J connectivity index is 1.64. The lowest BCUT2D eigenvalue weighted by Crippen LogP contribution is -2.15. The minimum atomic E-state index is -1.03. The van der Waals surface area contributed by atoms with Gasteiger partial charge < -0.3 is 5.32 Å². The molecule has 1 fully saturated rings. The molecule has 1 heterocycles. The summed E-state index contributed by atoms with van der Waals surface area (Å²) in [6, 6.07) is 12.2. The quantitative estimate of drug-likeness (QED) is 0.755. The smallest absolute Gasteiger partial charge is 0.231 e. The van der Waals surface area contributed by atoms with Crippen LogP contribution in [0.4, 0.5) is 14.6 Å². The summed E-state index contributed by atoms with van der Waals surface area (Å²) in [6.45, 7) is 1.94. The molecule has 0 aliphatic heterocycles. The molecule has 1 aliphatic carbocycles. The Hall–Kier alpha value is -2.82. The van der Waals surface area contributed by atoms with Crippen LogP contribution in [0.3, 0.4) is 0 Å². The molecular weight excluding hydrogens is 322 g/mol. The predicted octanol–water partition coefficient (Wildman–Crippen LogP) is 4.65. The fraction of sp³-hybridized carbons (Fsp3) is 0.200. The Morgan fingerprint density at radius 2 is 1.96 bits per heavy atom. The predicted molar refractivity (Wildman–Crippen MR) is 93.5 cm³/mol. The SMILES string of the molecule is Cc1ccc(F)cc1-c1ccc2cc(NC(=O)[C@H]3C[C@H]3F)ncc2c1. The lowest BCUT2D eigenvalue weighted by molar-refractivity contribution is -0.117. The molecule has 1 amide bonds. The number of carbonyl (C=O) groups excluding carboxylic acids is 1. The standard InChI is InChI=1S/C20H16F2N2O/c1-11-2-5-15(21)8-16(11)13-4-3-12-7-19(23-10-14(12)6-13)24-20(25)17-9-18(17)22/h2-8,10,17-18H,9H2,1H3,(H,23,24,25)/t17-,18+/m0/s1. The van der Waals surface area contributed by atoms with Gasteiger partial charge in [0.25, 0.3) is 0 Å². The topological polar surface area (TPSA) is 42.0 Å². The Labute approximate surface area is 143 Å². The summed E-state index contributed by atoms with van der Waals surface area (Å²) in [5.74, 6) is -0.739. The number of anilines is 1. The molecule has 0 unspecified atom stereocenters. The zero-order valence-corrected chi connectivity index (χ0v) is 13.6. The lowest BCUT2D eigenvalue weighted by Gasteiger charge is -2.09. The molecule has 0 radical (unpaired) electrons. The number of benzene rings is 2. The van der Waals surface area contributed by atoms with E-state index in [1.54, 1.807) is 18.3 Å². The lowest BCUT2D eigenvalue weighted by atomic mass is 9.98. The van der Waals surface area contributed by atoms with Crippen molar-refractivity contribution in [2.24, 2.45) is 5.92 Å². The molecule has 1 aromatic heterocycles. The molecule has 4 rings (SSSR count). The van der Waals surface area contributed by atoms with Crippen molar-refractivity contribution < 1.29 is 13.6 Å². The van der Waals surface area contributed by atoms with E-state index in [4.69, 9.17) is 0 Å². The monoisotopic (exact) mass is 338 g/mol. The molecular formula is C20H16F2N2O. The van der Waals surface area contributed by atoms with Gasteiger partial charge in [-0.1, -0.05) is 18.2 Å². The number of halogens is 2. The Morgan fingerprint density at radius 3 is 2.72 bits per heavy atom. The van der Waals surface area contributed by atoms with E-state index in [1.165, 1.54) is 12.1 Å². The number of amides is 1. The molecule has 0 spiro atoms. The summed E-state index contributed by atoms with van der Waals surface area (Å²) in [5, 5.41) is 4.43. The minimum Gasteiger partial charge on any atom is -0.310 e. The van der Waals surface area contributed by atoms with Crippen LogP contribution in [0.15, 0.2) is 48.7 Å². The number of nitrogens with one attached hydrogen (secondary N) is 1. The molecule has 2 aromatic carbocycles. The van der Waals surface area contributed by atoms with Gasteiger partial charge in [0.1, 0.15) is 17.8 Å². The van der Waals surface area contributed by atoms with E-state index in [-0.39, 0.29) is 18.1 Å². The summed E-state index contributed by atoms with van der Waals surface area (Å²) >= 11 is 0. The van der Waals surface area contributed by atoms with E-state index in [2.05, 4.69) is 10.3 Å². The Kier molecular flexibility index (Phi) is 3.71. The number of carbonyl (C=O) groups is 1. The highest BCUT2D eigenvalue weighted by atomic mass is 19.1. The maximum Gasteiger partial charge on any atom is 0.231 e. The Bertz CT molecular complexity index is 987. The summed E-state index contributed by atoms with van der Waals surface area (Å²) in [5.41, 5.74) is 2.73. The fourth-order valence-corrected chi connectivity index (χ4v) is 2.94. The number of nitrogens with zero attached hydrogens (tertiary/aromatic N) is 1. The fourth-order valence-electron chi connectivity index (χ4n) is 2.94. The molecule has 0 saturated heterocycles. The van der Waals surface area contributed by atoms with Gasteiger partial charge in [-0.2, -0.15) is 0 Å². The van der Waals surface area contributed by atoms with Crippen molar-refractivity contribution in [3.8, 4) is 11.1 Å². The van der Waals surface area contributed by atoms with Gasteiger partial charge in [-0.25, -0.2) is 13.8 Å². The maximum absolute atomic E-state index is 13.5. The van der Waals surface area contributed by atoms with Crippen LogP contribution in [-0.2, 0) is 4.79 Å². The van der Waals surface area contributed by atoms with E-state index < -0.39 is 12.1 Å². The van der Waals surface area contributed by atoms with Crippen LogP contribution in [-0.4, -0.2) is 17.1 Å². The zero-order valence-electron chi connectivity index (χ0n) is 13.6. The minimum absolute atomic E-state index is 0.275. The molecule has 2 atom stereocenters. The third-order valence-corrected chi connectivity index (χ3v) is 4.53. The van der Waals surface area contributed by atoms with Crippen molar-refractivity contribution >= 4 is 22.5 Å². The number of alkyl halides is 1. The van der Waals surface area contributed by atoms with Crippen molar-refractivity contribution in [1.29, 1.82) is 0 Å². The van der Waals surface area contributed by atoms with Gasteiger partial charge >= 0.3 is 0 Å². The van der Waals surface area contributed by atoms with E-state index >= 15 is 0 Å². The third-order valence-electron chi connectivity index (χ3n) is 4.53. The first kappa shape index (κ1) is 15.7. The highest BCUT2D eigenvalue weighted by molar-refractivity contribution is 5.96. The van der Waals surface area contributed by atoms with E-state index in [1.807, 2.05) is 25.1 Å². The van der Waals surface area contributed by atoms with Gasteiger partial charge in [0.15, 0.2) is 0 Å².